The van der Waals surface area contributed by atoms with Crippen LogP contribution in [0.4, 0.5) is 5.69 Å². The van der Waals surface area contributed by atoms with Gasteiger partial charge in [0, 0.05) is 13.1 Å². The normalized spacial score (nSPS) is 11.4. The first-order valence-electron chi connectivity index (χ1n) is 10.1. The molecule has 4 heterocycles. The number of fused-ring (bicyclic) bond motifs is 1. The van der Waals surface area contributed by atoms with Gasteiger partial charge < -0.3 is 14.5 Å². The Labute approximate surface area is 175 Å². The second-order valence-electron chi connectivity index (χ2n) is 7.39. The van der Waals surface area contributed by atoms with E-state index in [4.69, 9.17) is 19.2 Å². The largest absolute Gasteiger partial charge is 0.477 e. The first-order chi connectivity index (χ1) is 14.5. The Bertz CT molecular complexity index is 1180. The van der Waals surface area contributed by atoms with Crippen molar-refractivity contribution in [3.05, 3.63) is 53.8 Å². The Balaban J connectivity index is 1.86. The monoisotopic (exact) mass is 406 g/mol. The van der Waals surface area contributed by atoms with Crippen LogP contribution in [0.15, 0.2) is 35.0 Å². The number of rotatable bonds is 7. The van der Waals surface area contributed by atoms with Crippen LogP contribution in [0.25, 0.3) is 16.8 Å². The van der Waals surface area contributed by atoms with Crippen LogP contribution in [0.5, 0.6) is 5.88 Å². The first kappa shape index (κ1) is 19.9. The molecule has 4 rings (SSSR count). The molecule has 0 radical (unpaired) electrons. The highest BCUT2D eigenvalue weighted by atomic mass is 16.5. The van der Waals surface area contributed by atoms with Gasteiger partial charge in [-0.2, -0.15) is 5.10 Å². The minimum atomic E-state index is 0.256. The van der Waals surface area contributed by atoms with Crippen LogP contribution in [0.1, 0.15) is 49.9 Å². The molecule has 1 N–H and O–H groups in total. The van der Waals surface area contributed by atoms with Crippen molar-refractivity contribution >= 4 is 11.2 Å². The Hall–Kier alpha value is -3.42. The van der Waals surface area contributed by atoms with Crippen LogP contribution >= 0.6 is 0 Å². The van der Waals surface area contributed by atoms with E-state index in [1.54, 1.807) is 12.4 Å². The Morgan fingerprint density at radius 1 is 1.23 bits per heavy atom. The number of ether oxygens (including phenoxy) is 1. The molecule has 0 spiro atoms. The fourth-order valence-corrected chi connectivity index (χ4v) is 3.44. The van der Waals surface area contributed by atoms with Crippen LogP contribution in [-0.2, 0) is 6.54 Å². The number of anilines is 1. The molecule has 0 bridgehead atoms. The molecule has 4 aromatic heterocycles. The lowest BCUT2D eigenvalue weighted by atomic mass is 10.1. The van der Waals surface area contributed by atoms with E-state index in [1.807, 2.05) is 43.5 Å². The molecule has 0 aliphatic carbocycles. The van der Waals surface area contributed by atoms with E-state index in [-0.39, 0.29) is 5.92 Å². The van der Waals surface area contributed by atoms with Gasteiger partial charge in [-0.05, 0) is 38.0 Å². The summed E-state index contributed by atoms with van der Waals surface area (Å²) in [5.74, 6) is 3.06. The van der Waals surface area contributed by atoms with E-state index in [1.165, 1.54) is 0 Å². The van der Waals surface area contributed by atoms with E-state index in [0.717, 1.165) is 39.7 Å². The average molecular weight is 406 g/mol. The summed E-state index contributed by atoms with van der Waals surface area (Å²) in [5.41, 5.74) is 4.47. The van der Waals surface area contributed by atoms with Crippen molar-refractivity contribution in [2.24, 2.45) is 0 Å². The average Bonchev–Trinajstić information content (AvgIpc) is 3.30. The molecule has 8 nitrogen and oxygen atoms in total. The van der Waals surface area contributed by atoms with Crippen molar-refractivity contribution in [3.63, 3.8) is 0 Å². The summed E-state index contributed by atoms with van der Waals surface area (Å²) in [4.78, 5) is 13.3. The Morgan fingerprint density at radius 2 is 2.07 bits per heavy atom. The maximum atomic E-state index is 5.73. The summed E-state index contributed by atoms with van der Waals surface area (Å²) in [5, 5.41) is 8.36. The number of aromatic nitrogens is 5. The summed E-state index contributed by atoms with van der Waals surface area (Å²) in [7, 11) is 0. The van der Waals surface area contributed by atoms with Crippen LogP contribution in [0, 0.1) is 13.8 Å². The van der Waals surface area contributed by atoms with Gasteiger partial charge in [0.1, 0.15) is 17.1 Å². The van der Waals surface area contributed by atoms with E-state index < -0.39 is 0 Å². The number of oxazole rings is 1. The van der Waals surface area contributed by atoms with E-state index in [0.29, 0.717) is 24.9 Å². The van der Waals surface area contributed by atoms with Crippen LogP contribution in [0.3, 0.4) is 0 Å². The molecule has 0 fully saturated rings. The SMILES string of the molecule is CCOc1ncccc1-c1cc(NCc2cnc(C)o2)c2c(C(C)C)nc(C)n2n1. The highest BCUT2D eigenvalue weighted by Crippen LogP contribution is 2.33. The summed E-state index contributed by atoms with van der Waals surface area (Å²) in [6, 6.07) is 5.87. The molecule has 8 heteroatoms. The van der Waals surface area contributed by atoms with Crippen LogP contribution < -0.4 is 10.1 Å². The molecule has 0 unspecified atom stereocenters. The lowest BCUT2D eigenvalue weighted by molar-refractivity contribution is 0.328. The van der Waals surface area contributed by atoms with Crippen molar-refractivity contribution in [1.82, 2.24) is 24.6 Å². The fourth-order valence-electron chi connectivity index (χ4n) is 3.44. The molecule has 0 saturated heterocycles. The first-order valence-corrected chi connectivity index (χ1v) is 10.1. The lowest BCUT2D eigenvalue weighted by Crippen LogP contribution is -2.06. The van der Waals surface area contributed by atoms with Gasteiger partial charge in [0.2, 0.25) is 5.88 Å². The van der Waals surface area contributed by atoms with Gasteiger partial charge in [0.05, 0.1) is 42.0 Å². The Morgan fingerprint density at radius 3 is 2.77 bits per heavy atom. The lowest BCUT2D eigenvalue weighted by Gasteiger charge is -2.13. The number of imidazole rings is 1. The third kappa shape index (κ3) is 3.72. The van der Waals surface area contributed by atoms with Crippen molar-refractivity contribution in [3.8, 4) is 17.1 Å². The van der Waals surface area contributed by atoms with Gasteiger partial charge in [-0.25, -0.2) is 19.5 Å². The maximum Gasteiger partial charge on any atom is 0.222 e. The number of hydrogen-bond acceptors (Lipinski definition) is 7. The third-order valence-corrected chi connectivity index (χ3v) is 4.78. The minimum absolute atomic E-state index is 0.256. The Kier molecular flexibility index (Phi) is 5.39. The molecule has 0 atom stereocenters. The van der Waals surface area contributed by atoms with Crippen molar-refractivity contribution in [2.45, 2.75) is 47.1 Å². The van der Waals surface area contributed by atoms with Gasteiger partial charge in [0.15, 0.2) is 5.89 Å². The third-order valence-electron chi connectivity index (χ3n) is 4.78. The predicted octanol–water partition coefficient (Wildman–Crippen LogP) is 4.53. The molecule has 0 saturated carbocycles. The second-order valence-corrected chi connectivity index (χ2v) is 7.39. The standard InChI is InChI=1S/C22H26N6O2/c1-6-29-22-17(8-7-9-23-22)18-10-19(25-12-16-11-24-15(5)30-16)21-20(13(2)3)26-14(4)28(21)27-18/h7-11,13,25H,6,12H2,1-5H3. The molecule has 4 aromatic rings. The van der Waals surface area contributed by atoms with Crippen molar-refractivity contribution in [2.75, 3.05) is 11.9 Å². The summed E-state index contributed by atoms with van der Waals surface area (Å²) < 4.78 is 13.2. The van der Waals surface area contributed by atoms with Gasteiger partial charge in [-0.1, -0.05) is 13.8 Å². The highest BCUT2D eigenvalue weighted by molar-refractivity contribution is 5.80. The predicted molar refractivity (Wildman–Crippen MR) is 115 cm³/mol. The molecule has 0 aliphatic rings. The topological polar surface area (TPSA) is 90.4 Å². The molecule has 0 aromatic carbocycles. The van der Waals surface area contributed by atoms with E-state index >= 15 is 0 Å². The number of nitrogens with one attached hydrogen (secondary N) is 1. The van der Waals surface area contributed by atoms with E-state index in [9.17, 15) is 0 Å². The molecule has 156 valence electrons. The molecular formula is C22H26N6O2. The summed E-state index contributed by atoms with van der Waals surface area (Å²) >= 11 is 0. The number of aryl methyl sites for hydroxylation is 2. The van der Waals surface area contributed by atoms with Crippen LogP contribution in [-0.4, -0.2) is 31.2 Å². The zero-order valence-corrected chi connectivity index (χ0v) is 17.9. The van der Waals surface area contributed by atoms with Gasteiger partial charge in [-0.3, -0.25) is 0 Å². The zero-order chi connectivity index (χ0) is 21.3. The summed E-state index contributed by atoms with van der Waals surface area (Å²) in [6.07, 6.45) is 3.46. The zero-order valence-electron chi connectivity index (χ0n) is 17.9. The minimum Gasteiger partial charge on any atom is -0.477 e. The number of pyridine rings is 1. The van der Waals surface area contributed by atoms with Gasteiger partial charge in [0.25, 0.3) is 0 Å². The summed E-state index contributed by atoms with van der Waals surface area (Å²) in [6.45, 7) is 11.0. The highest BCUT2D eigenvalue weighted by Gasteiger charge is 2.20. The number of hydrogen-bond donors (Lipinski definition) is 1. The van der Waals surface area contributed by atoms with Crippen LogP contribution in [0.2, 0.25) is 0 Å². The van der Waals surface area contributed by atoms with Crippen molar-refractivity contribution < 1.29 is 9.15 Å². The second kappa shape index (κ2) is 8.14. The van der Waals surface area contributed by atoms with Crippen molar-refractivity contribution in [1.29, 1.82) is 0 Å². The van der Waals surface area contributed by atoms with E-state index in [2.05, 4.69) is 29.1 Å². The fraction of sp³-hybridized carbons (Fsp3) is 0.364. The molecule has 30 heavy (non-hydrogen) atoms. The van der Waals surface area contributed by atoms with Gasteiger partial charge in [-0.15, -0.1) is 0 Å². The quantitative estimate of drug-likeness (QED) is 0.482. The molecule has 0 aliphatic heterocycles. The van der Waals surface area contributed by atoms with Gasteiger partial charge >= 0.3 is 0 Å². The molecular weight excluding hydrogens is 380 g/mol. The maximum absolute atomic E-state index is 5.73. The smallest absolute Gasteiger partial charge is 0.222 e. The molecule has 0 amide bonds. The number of nitrogens with zero attached hydrogens (tertiary/aromatic N) is 5.